The number of aromatic nitrogens is 4. The van der Waals surface area contributed by atoms with Gasteiger partial charge in [-0.05, 0) is 25.0 Å². The van der Waals surface area contributed by atoms with E-state index in [-0.39, 0.29) is 32.1 Å². The van der Waals surface area contributed by atoms with Crippen LogP contribution < -0.4 is 15.8 Å². The Morgan fingerprint density at radius 1 is 1.29 bits per heavy atom. The molecule has 0 aromatic carbocycles. The number of unbranched alkanes of at least 4 members (excludes halogenated alkanes) is 1. The molecule has 3 rings (SSSR count). The van der Waals surface area contributed by atoms with E-state index in [1.54, 1.807) is 6.20 Å². The minimum absolute atomic E-state index is 0. The maximum Gasteiger partial charge on any atom is 0.222 e. The Balaban J connectivity index is 0.00000280. The highest BCUT2D eigenvalue weighted by atomic mass is 32.1. The number of aliphatic hydroxyl groups excluding tert-OH is 1. The van der Waals surface area contributed by atoms with Crippen molar-refractivity contribution in [3.63, 3.8) is 0 Å². The summed E-state index contributed by atoms with van der Waals surface area (Å²) in [7, 11) is 0. The molecule has 0 fully saturated rings. The molecule has 152 valence electrons. The molecule has 0 radical (unpaired) electrons. The SMILES string of the molecule is CCCC[C@@H](CCO)Nc1nc(N)ncc1OCc1cn2ccccc2n1.S. The van der Waals surface area contributed by atoms with Crippen LogP contribution in [0.25, 0.3) is 5.65 Å². The van der Waals surface area contributed by atoms with E-state index in [9.17, 15) is 5.11 Å². The second-order valence-electron chi connectivity index (χ2n) is 6.42. The van der Waals surface area contributed by atoms with Gasteiger partial charge in [-0.25, -0.2) is 9.97 Å². The smallest absolute Gasteiger partial charge is 0.222 e. The summed E-state index contributed by atoms with van der Waals surface area (Å²) < 4.78 is 7.85. The van der Waals surface area contributed by atoms with Crippen LogP contribution in [0, 0.1) is 0 Å². The van der Waals surface area contributed by atoms with Gasteiger partial charge in [-0.15, -0.1) is 0 Å². The van der Waals surface area contributed by atoms with Crippen molar-refractivity contribution >= 4 is 30.9 Å². The van der Waals surface area contributed by atoms with Crippen LogP contribution in [-0.4, -0.2) is 37.1 Å². The molecule has 8 nitrogen and oxygen atoms in total. The van der Waals surface area contributed by atoms with Crippen molar-refractivity contribution in [3.8, 4) is 5.75 Å². The van der Waals surface area contributed by atoms with Gasteiger partial charge in [0.15, 0.2) is 11.6 Å². The van der Waals surface area contributed by atoms with Gasteiger partial charge in [-0.2, -0.15) is 18.5 Å². The molecule has 3 aromatic rings. The fraction of sp³-hybridized carbons (Fsp3) is 0.421. The average molecular weight is 405 g/mol. The normalized spacial score (nSPS) is 11.8. The molecule has 0 spiro atoms. The summed E-state index contributed by atoms with van der Waals surface area (Å²) in [4.78, 5) is 12.8. The zero-order valence-corrected chi connectivity index (χ0v) is 17.0. The molecule has 0 aliphatic rings. The van der Waals surface area contributed by atoms with Crippen LogP contribution in [0.4, 0.5) is 11.8 Å². The third-order valence-corrected chi connectivity index (χ3v) is 4.29. The molecular formula is C19H28N6O2S. The Kier molecular flexibility index (Phi) is 8.34. The molecule has 3 aromatic heterocycles. The lowest BCUT2D eigenvalue weighted by molar-refractivity contribution is 0.275. The van der Waals surface area contributed by atoms with Crippen LogP contribution >= 0.6 is 13.5 Å². The van der Waals surface area contributed by atoms with E-state index in [1.807, 2.05) is 35.0 Å². The molecule has 0 bridgehead atoms. The number of ether oxygens (including phenoxy) is 1. The van der Waals surface area contributed by atoms with Gasteiger partial charge in [0.05, 0.1) is 11.9 Å². The lowest BCUT2D eigenvalue weighted by Gasteiger charge is -2.20. The molecule has 0 unspecified atom stereocenters. The molecular weight excluding hydrogens is 376 g/mol. The number of pyridine rings is 1. The van der Waals surface area contributed by atoms with Gasteiger partial charge >= 0.3 is 0 Å². The molecule has 28 heavy (non-hydrogen) atoms. The quantitative estimate of drug-likeness (QED) is 0.476. The number of hydrogen-bond donors (Lipinski definition) is 3. The number of rotatable bonds is 10. The van der Waals surface area contributed by atoms with Crippen LogP contribution in [0.3, 0.4) is 0 Å². The number of nitrogens with one attached hydrogen (secondary N) is 1. The van der Waals surface area contributed by atoms with Crippen molar-refractivity contribution in [2.75, 3.05) is 17.7 Å². The predicted octanol–water partition coefficient (Wildman–Crippen LogP) is 2.75. The van der Waals surface area contributed by atoms with Gasteiger partial charge in [-0.3, -0.25) is 0 Å². The van der Waals surface area contributed by atoms with Crippen molar-refractivity contribution in [1.82, 2.24) is 19.4 Å². The highest BCUT2D eigenvalue weighted by Crippen LogP contribution is 2.25. The summed E-state index contributed by atoms with van der Waals surface area (Å²) >= 11 is 0. The zero-order chi connectivity index (χ0) is 19.1. The van der Waals surface area contributed by atoms with E-state index in [2.05, 4.69) is 27.2 Å². The Morgan fingerprint density at radius 3 is 2.89 bits per heavy atom. The van der Waals surface area contributed by atoms with Crippen LogP contribution in [0.5, 0.6) is 5.75 Å². The third kappa shape index (κ3) is 5.74. The lowest BCUT2D eigenvalue weighted by atomic mass is 10.1. The van der Waals surface area contributed by atoms with Crippen molar-refractivity contribution < 1.29 is 9.84 Å². The summed E-state index contributed by atoms with van der Waals surface area (Å²) in [6, 6.07) is 5.94. The van der Waals surface area contributed by atoms with E-state index < -0.39 is 0 Å². The summed E-state index contributed by atoms with van der Waals surface area (Å²) in [6.45, 7) is 2.55. The second kappa shape index (κ2) is 10.7. The van der Waals surface area contributed by atoms with Gasteiger partial charge in [-0.1, -0.05) is 25.8 Å². The van der Waals surface area contributed by atoms with Crippen molar-refractivity contribution in [3.05, 3.63) is 42.5 Å². The molecule has 9 heteroatoms. The molecule has 0 saturated heterocycles. The summed E-state index contributed by atoms with van der Waals surface area (Å²) in [5.41, 5.74) is 7.43. The fourth-order valence-corrected chi connectivity index (χ4v) is 2.89. The van der Waals surface area contributed by atoms with Gasteiger partial charge in [0.2, 0.25) is 5.95 Å². The highest BCUT2D eigenvalue weighted by Gasteiger charge is 2.14. The monoisotopic (exact) mass is 404 g/mol. The first-order valence-corrected chi connectivity index (χ1v) is 9.25. The zero-order valence-electron chi connectivity index (χ0n) is 16.0. The van der Waals surface area contributed by atoms with Gasteiger partial charge in [0, 0.05) is 25.0 Å². The Morgan fingerprint density at radius 2 is 2.14 bits per heavy atom. The van der Waals surface area contributed by atoms with E-state index >= 15 is 0 Å². The number of anilines is 2. The van der Waals surface area contributed by atoms with Crippen molar-refractivity contribution in [2.45, 2.75) is 45.3 Å². The summed E-state index contributed by atoms with van der Waals surface area (Å²) in [6.07, 6.45) is 9.16. The van der Waals surface area contributed by atoms with E-state index in [4.69, 9.17) is 10.5 Å². The largest absolute Gasteiger partial charge is 0.482 e. The summed E-state index contributed by atoms with van der Waals surface area (Å²) in [5.74, 6) is 1.23. The molecule has 3 heterocycles. The standard InChI is InChI=1S/C19H26N6O2.H2S/c1-2-3-6-14(8-10-26)23-18-16(11-21-19(20)24-18)27-13-15-12-25-9-5-4-7-17(25)22-15;/h4-5,7,9,11-12,14,26H,2-3,6,8,10,13H2,1H3,(H3,20,21,23,24);1H2/t14-;/m0./s1. The van der Waals surface area contributed by atoms with Crippen LogP contribution in [0.15, 0.2) is 36.8 Å². The summed E-state index contributed by atoms with van der Waals surface area (Å²) in [5, 5.41) is 12.7. The first-order valence-electron chi connectivity index (χ1n) is 9.25. The molecule has 0 amide bonds. The average Bonchev–Trinajstić information content (AvgIpc) is 3.08. The Bertz CT molecular complexity index is 840. The maximum atomic E-state index is 9.32. The van der Waals surface area contributed by atoms with Crippen LogP contribution in [0.1, 0.15) is 38.3 Å². The first kappa shape index (κ1) is 21.8. The first-order chi connectivity index (χ1) is 13.2. The van der Waals surface area contributed by atoms with Crippen molar-refractivity contribution in [2.24, 2.45) is 0 Å². The Hall–Kier alpha value is -2.52. The number of nitrogens with two attached hydrogens (primary N) is 1. The van der Waals surface area contributed by atoms with Gasteiger partial charge in [0.25, 0.3) is 0 Å². The number of fused-ring (bicyclic) bond motifs is 1. The number of nitrogens with zero attached hydrogens (tertiary/aromatic N) is 4. The van der Waals surface area contributed by atoms with Gasteiger partial charge in [0.1, 0.15) is 12.3 Å². The number of aliphatic hydroxyl groups is 1. The molecule has 0 aliphatic heterocycles. The van der Waals surface area contributed by atoms with E-state index in [0.29, 0.717) is 24.6 Å². The van der Waals surface area contributed by atoms with Crippen LogP contribution in [-0.2, 0) is 6.61 Å². The second-order valence-corrected chi connectivity index (χ2v) is 6.42. The highest BCUT2D eigenvalue weighted by molar-refractivity contribution is 7.59. The van der Waals surface area contributed by atoms with Crippen LogP contribution in [0.2, 0.25) is 0 Å². The predicted molar refractivity (Wildman–Crippen MR) is 115 cm³/mol. The molecule has 0 saturated carbocycles. The topological polar surface area (TPSA) is 111 Å². The number of hydrogen-bond acceptors (Lipinski definition) is 7. The number of imidazole rings is 1. The Labute approximate surface area is 171 Å². The van der Waals surface area contributed by atoms with Crippen molar-refractivity contribution in [1.29, 1.82) is 0 Å². The maximum absolute atomic E-state index is 9.32. The van der Waals surface area contributed by atoms with E-state index in [1.165, 1.54) is 0 Å². The minimum Gasteiger partial charge on any atom is -0.482 e. The lowest BCUT2D eigenvalue weighted by Crippen LogP contribution is -2.22. The third-order valence-electron chi connectivity index (χ3n) is 4.29. The molecule has 1 atom stereocenters. The molecule has 4 N–H and O–H groups in total. The minimum atomic E-state index is 0. The van der Waals surface area contributed by atoms with E-state index in [0.717, 1.165) is 30.6 Å². The number of nitrogen functional groups attached to an aromatic ring is 1. The van der Waals surface area contributed by atoms with Gasteiger partial charge < -0.3 is 25.3 Å². The fourth-order valence-electron chi connectivity index (χ4n) is 2.89. The molecule has 0 aliphatic carbocycles.